The SMILES string of the molecule is CC(N)Cc1ccc(OCC(F)F)c(F)c1. The van der Waals surface area contributed by atoms with Crippen LogP contribution in [-0.2, 0) is 6.42 Å². The van der Waals surface area contributed by atoms with Crippen molar-refractivity contribution in [2.24, 2.45) is 5.73 Å². The smallest absolute Gasteiger partial charge is 0.272 e. The highest BCUT2D eigenvalue weighted by molar-refractivity contribution is 5.29. The van der Waals surface area contributed by atoms with Gasteiger partial charge in [0.2, 0.25) is 0 Å². The maximum Gasteiger partial charge on any atom is 0.272 e. The number of nitrogens with two attached hydrogens (primary N) is 1. The second kappa shape index (κ2) is 5.75. The van der Waals surface area contributed by atoms with Crippen molar-refractivity contribution in [3.63, 3.8) is 0 Å². The molecule has 0 heterocycles. The molecule has 0 aromatic heterocycles. The number of ether oxygens (including phenoxy) is 1. The van der Waals surface area contributed by atoms with Gasteiger partial charge in [-0.15, -0.1) is 0 Å². The third-order valence-corrected chi connectivity index (χ3v) is 1.92. The molecule has 0 spiro atoms. The molecule has 16 heavy (non-hydrogen) atoms. The molecule has 1 atom stereocenters. The first-order valence-corrected chi connectivity index (χ1v) is 4.94. The lowest BCUT2D eigenvalue weighted by atomic mass is 10.1. The van der Waals surface area contributed by atoms with E-state index in [1.165, 1.54) is 12.1 Å². The van der Waals surface area contributed by atoms with Crippen LogP contribution in [0.1, 0.15) is 12.5 Å². The summed E-state index contributed by atoms with van der Waals surface area (Å²) in [5.41, 5.74) is 6.28. The molecule has 0 aliphatic rings. The maximum absolute atomic E-state index is 13.3. The second-order valence-corrected chi connectivity index (χ2v) is 3.65. The minimum Gasteiger partial charge on any atom is -0.485 e. The van der Waals surface area contributed by atoms with Crippen LogP contribution in [0.4, 0.5) is 13.2 Å². The number of benzene rings is 1. The highest BCUT2D eigenvalue weighted by Gasteiger charge is 2.09. The third kappa shape index (κ3) is 4.10. The van der Waals surface area contributed by atoms with Gasteiger partial charge in [0, 0.05) is 6.04 Å². The number of hydrogen-bond donors (Lipinski definition) is 1. The molecule has 5 heteroatoms. The number of hydrogen-bond acceptors (Lipinski definition) is 2. The Hall–Kier alpha value is -1.23. The highest BCUT2D eigenvalue weighted by Crippen LogP contribution is 2.19. The molecule has 0 bridgehead atoms. The van der Waals surface area contributed by atoms with Crippen molar-refractivity contribution >= 4 is 0 Å². The number of rotatable bonds is 5. The van der Waals surface area contributed by atoms with Crippen molar-refractivity contribution in [2.75, 3.05) is 6.61 Å². The minimum atomic E-state index is -2.61. The summed E-state index contributed by atoms with van der Waals surface area (Å²) in [6.07, 6.45) is -2.07. The molecule has 0 saturated heterocycles. The van der Waals surface area contributed by atoms with E-state index in [9.17, 15) is 13.2 Å². The van der Waals surface area contributed by atoms with E-state index in [2.05, 4.69) is 4.74 Å². The van der Waals surface area contributed by atoms with Crippen LogP contribution in [0.2, 0.25) is 0 Å². The molecule has 0 radical (unpaired) electrons. The van der Waals surface area contributed by atoms with Crippen molar-refractivity contribution < 1.29 is 17.9 Å². The van der Waals surface area contributed by atoms with Gasteiger partial charge in [0.15, 0.2) is 11.6 Å². The molecule has 1 aromatic carbocycles. The Kier molecular flexibility index (Phi) is 4.61. The third-order valence-electron chi connectivity index (χ3n) is 1.92. The Bertz CT molecular complexity index is 342. The van der Waals surface area contributed by atoms with E-state index in [1.54, 1.807) is 13.0 Å². The minimum absolute atomic E-state index is 0.0766. The fourth-order valence-electron chi connectivity index (χ4n) is 1.31. The summed E-state index contributed by atoms with van der Waals surface area (Å²) in [6, 6.07) is 4.14. The van der Waals surface area contributed by atoms with E-state index in [0.29, 0.717) is 6.42 Å². The van der Waals surface area contributed by atoms with Gasteiger partial charge in [-0.1, -0.05) is 6.07 Å². The lowest BCUT2D eigenvalue weighted by Gasteiger charge is -2.09. The molecule has 0 amide bonds. The molecular weight excluding hydrogens is 219 g/mol. The van der Waals surface area contributed by atoms with Gasteiger partial charge in [0.1, 0.15) is 6.61 Å². The van der Waals surface area contributed by atoms with E-state index < -0.39 is 18.8 Å². The van der Waals surface area contributed by atoms with E-state index in [-0.39, 0.29) is 11.8 Å². The molecular formula is C11H14F3NO. The molecule has 0 aliphatic heterocycles. The zero-order valence-corrected chi connectivity index (χ0v) is 8.92. The molecule has 1 rings (SSSR count). The summed E-state index contributed by atoms with van der Waals surface area (Å²) in [5.74, 6) is -0.799. The van der Waals surface area contributed by atoms with Gasteiger partial charge in [0.25, 0.3) is 6.43 Å². The molecule has 1 aromatic rings. The van der Waals surface area contributed by atoms with Crippen LogP contribution in [-0.4, -0.2) is 19.1 Å². The summed E-state index contributed by atoms with van der Waals surface area (Å²) < 4.78 is 41.6. The quantitative estimate of drug-likeness (QED) is 0.847. The van der Waals surface area contributed by atoms with E-state index in [0.717, 1.165) is 5.56 Å². The van der Waals surface area contributed by atoms with E-state index >= 15 is 0 Å². The largest absolute Gasteiger partial charge is 0.485 e. The van der Waals surface area contributed by atoms with Crippen LogP contribution in [0.3, 0.4) is 0 Å². The van der Waals surface area contributed by atoms with Crippen molar-refractivity contribution in [2.45, 2.75) is 25.8 Å². The van der Waals surface area contributed by atoms with Crippen molar-refractivity contribution in [3.05, 3.63) is 29.6 Å². The van der Waals surface area contributed by atoms with Gasteiger partial charge in [-0.25, -0.2) is 13.2 Å². The average molecular weight is 233 g/mol. The molecule has 90 valence electrons. The normalized spacial score (nSPS) is 12.9. The summed E-state index contributed by atoms with van der Waals surface area (Å²) in [4.78, 5) is 0. The van der Waals surface area contributed by atoms with Gasteiger partial charge in [-0.2, -0.15) is 0 Å². The first kappa shape index (κ1) is 12.8. The fourth-order valence-corrected chi connectivity index (χ4v) is 1.31. The predicted molar refractivity (Wildman–Crippen MR) is 55.3 cm³/mol. The van der Waals surface area contributed by atoms with Gasteiger partial charge < -0.3 is 10.5 Å². The van der Waals surface area contributed by atoms with Gasteiger partial charge in [-0.05, 0) is 31.0 Å². The summed E-state index contributed by atoms with van der Waals surface area (Å²) in [6.45, 7) is 1.00. The monoisotopic (exact) mass is 233 g/mol. The Morgan fingerprint density at radius 2 is 2.06 bits per heavy atom. The highest BCUT2D eigenvalue weighted by atomic mass is 19.3. The summed E-state index contributed by atoms with van der Waals surface area (Å²) >= 11 is 0. The predicted octanol–water partition coefficient (Wildman–Crippen LogP) is 2.36. The molecule has 2 nitrogen and oxygen atoms in total. The van der Waals surface area contributed by atoms with Crippen LogP contribution >= 0.6 is 0 Å². The number of alkyl halides is 2. The van der Waals surface area contributed by atoms with E-state index in [4.69, 9.17) is 5.73 Å². The van der Waals surface area contributed by atoms with Crippen LogP contribution < -0.4 is 10.5 Å². The lowest BCUT2D eigenvalue weighted by Crippen LogP contribution is -2.17. The van der Waals surface area contributed by atoms with Crippen LogP contribution in [0, 0.1) is 5.82 Å². The molecule has 0 saturated carbocycles. The Labute approximate surface area is 92.2 Å². The molecule has 0 aliphatic carbocycles. The van der Waals surface area contributed by atoms with Gasteiger partial charge in [0.05, 0.1) is 0 Å². The van der Waals surface area contributed by atoms with Gasteiger partial charge >= 0.3 is 0 Å². The first-order chi connectivity index (χ1) is 7.49. The zero-order chi connectivity index (χ0) is 12.1. The molecule has 2 N–H and O–H groups in total. The average Bonchev–Trinajstić information content (AvgIpc) is 2.15. The maximum atomic E-state index is 13.3. The number of halogens is 3. The first-order valence-electron chi connectivity index (χ1n) is 4.94. The van der Waals surface area contributed by atoms with Gasteiger partial charge in [-0.3, -0.25) is 0 Å². The fraction of sp³-hybridized carbons (Fsp3) is 0.455. The summed E-state index contributed by atoms with van der Waals surface area (Å²) in [7, 11) is 0. The second-order valence-electron chi connectivity index (χ2n) is 3.65. The Morgan fingerprint density at radius 1 is 1.38 bits per heavy atom. The Balaban J connectivity index is 2.67. The van der Waals surface area contributed by atoms with Crippen molar-refractivity contribution in [1.82, 2.24) is 0 Å². The summed E-state index contributed by atoms with van der Waals surface area (Å²) in [5, 5.41) is 0. The standard InChI is InChI=1S/C11H14F3NO/c1-7(15)4-8-2-3-10(9(12)5-8)16-6-11(13)14/h2-3,5,7,11H,4,6,15H2,1H3. The lowest BCUT2D eigenvalue weighted by molar-refractivity contribution is 0.0799. The topological polar surface area (TPSA) is 35.2 Å². The van der Waals surface area contributed by atoms with E-state index in [1.807, 2.05) is 0 Å². The molecule has 0 fully saturated rings. The van der Waals surface area contributed by atoms with Crippen molar-refractivity contribution in [1.29, 1.82) is 0 Å². The van der Waals surface area contributed by atoms with Crippen LogP contribution in [0.25, 0.3) is 0 Å². The Morgan fingerprint density at radius 3 is 2.56 bits per heavy atom. The molecule has 1 unspecified atom stereocenters. The zero-order valence-electron chi connectivity index (χ0n) is 8.92. The van der Waals surface area contributed by atoms with Crippen molar-refractivity contribution in [3.8, 4) is 5.75 Å². The van der Waals surface area contributed by atoms with Crippen LogP contribution in [0.5, 0.6) is 5.75 Å². The van der Waals surface area contributed by atoms with Crippen LogP contribution in [0.15, 0.2) is 18.2 Å².